The lowest BCUT2D eigenvalue weighted by Crippen LogP contribution is -2.35. The summed E-state index contributed by atoms with van der Waals surface area (Å²) in [7, 11) is 5.74. The van der Waals surface area contributed by atoms with Gasteiger partial charge in [0.1, 0.15) is 0 Å². The highest BCUT2D eigenvalue weighted by Gasteiger charge is 2.21. The van der Waals surface area contributed by atoms with Crippen molar-refractivity contribution < 1.29 is 0 Å². The molecular formula is C12H14BN3O. The molecule has 86 valence electrons. The molecule has 1 aliphatic rings. The first-order valence-corrected chi connectivity index (χ1v) is 5.94. The van der Waals surface area contributed by atoms with Crippen molar-refractivity contribution in [1.29, 1.82) is 0 Å². The van der Waals surface area contributed by atoms with Gasteiger partial charge in [-0.2, -0.15) is 0 Å². The lowest BCUT2D eigenvalue weighted by atomic mass is 10.0. The fourth-order valence-corrected chi connectivity index (χ4v) is 2.58. The molecular weight excluding hydrogens is 213 g/mol. The number of H-pyrrole nitrogens is 1. The zero-order chi connectivity index (χ0) is 11.8. The molecule has 1 N–H and O–H groups in total. The highest BCUT2D eigenvalue weighted by Crippen LogP contribution is 2.23. The molecule has 0 unspecified atom stereocenters. The van der Waals surface area contributed by atoms with Crippen LogP contribution in [-0.2, 0) is 0 Å². The third kappa shape index (κ3) is 1.80. The monoisotopic (exact) mass is 227 g/mol. The van der Waals surface area contributed by atoms with Gasteiger partial charge >= 0.3 is 5.69 Å². The van der Waals surface area contributed by atoms with Crippen molar-refractivity contribution in [3.8, 4) is 0 Å². The molecule has 1 fully saturated rings. The molecule has 0 amide bonds. The van der Waals surface area contributed by atoms with E-state index in [4.69, 9.17) is 7.98 Å². The zero-order valence-corrected chi connectivity index (χ0v) is 9.60. The van der Waals surface area contributed by atoms with E-state index in [9.17, 15) is 4.79 Å². The van der Waals surface area contributed by atoms with Crippen LogP contribution < -0.4 is 5.69 Å². The first kappa shape index (κ1) is 10.7. The minimum atomic E-state index is -0.0123. The Balaban J connectivity index is 2.05. The van der Waals surface area contributed by atoms with Gasteiger partial charge in [0, 0.05) is 6.04 Å². The first-order chi connectivity index (χ1) is 8.25. The predicted molar refractivity (Wildman–Crippen MR) is 68.2 cm³/mol. The van der Waals surface area contributed by atoms with Crippen molar-refractivity contribution in [1.82, 2.24) is 14.4 Å². The van der Waals surface area contributed by atoms with E-state index in [1.165, 1.54) is 0 Å². The van der Waals surface area contributed by atoms with Crippen LogP contribution in [0.5, 0.6) is 0 Å². The molecule has 2 aromatic rings. The number of aromatic nitrogens is 2. The fourth-order valence-electron chi connectivity index (χ4n) is 2.58. The van der Waals surface area contributed by atoms with E-state index in [2.05, 4.69) is 4.98 Å². The summed E-state index contributed by atoms with van der Waals surface area (Å²) in [5, 5.41) is 0. The summed E-state index contributed by atoms with van der Waals surface area (Å²) >= 11 is 0. The molecule has 0 bridgehead atoms. The Morgan fingerprint density at radius 1 is 1.24 bits per heavy atom. The number of hydrogen-bond donors (Lipinski definition) is 1. The Labute approximate surface area is 101 Å². The number of fused-ring (bicyclic) bond motifs is 1. The molecule has 0 spiro atoms. The molecule has 3 rings (SSSR count). The number of piperidine rings is 1. The van der Waals surface area contributed by atoms with Gasteiger partial charge in [0.15, 0.2) is 7.98 Å². The SMILES string of the molecule is [B]N1CCC(n2c(=O)[nH]c3ccccc32)CC1. The number of rotatable bonds is 1. The quantitative estimate of drug-likeness (QED) is 0.739. The van der Waals surface area contributed by atoms with Crippen LogP contribution in [0.15, 0.2) is 29.1 Å². The molecule has 1 aromatic carbocycles. The van der Waals surface area contributed by atoms with Gasteiger partial charge < -0.3 is 9.79 Å². The zero-order valence-electron chi connectivity index (χ0n) is 9.60. The molecule has 2 heterocycles. The average molecular weight is 227 g/mol. The van der Waals surface area contributed by atoms with Gasteiger partial charge in [0.25, 0.3) is 0 Å². The Morgan fingerprint density at radius 3 is 2.71 bits per heavy atom. The van der Waals surface area contributed by atoms with Crippen molar-refractivity contribution in [3.63, 3.8) is 0 Å². The van der Waals surface area contributed by atoms with Gasteiger partial charge in [0.2, 0.25) is 0 Å². The minimum absolute atomic E-state index is 0.0123. The Kier molecular flexibility index (Phi) is 2.55. The van der Waals surface area contributed by atoms with Crippen molar-refractivity contribution >= 4 is 19.0 Å². The van der Waals surface area contributed by atoms with Crippen LogP contribution in [0.4, 0.5) is 0 Å². The summed E-state index contributed by atoms with van der Waals surface area (Å²) in [6.07, 6.45) is 1.86. The minimum Gasteiger partial charge on any atom is -0.353 e. The predicted octanol–water partition coefficient (Wildman–Crippen LogP) is 1.05. The number of nitrogens with zero attached hydrogens (tertiary/aromatic N) is 2. The molecule has 17 heavy (non-hydrogen) atoms. The molecule has 1 aromatic heterocycles. The smallest absolute Gasteiger partial charge is 0.326 e. The summed E-state index contributed by atoms with van der Waals surface area (Å²) in [6.45, 7) is 1.69. The van der Waals surface area contributed by atoms with E-state index in [1.54, 1.807) is 0 Å². The lowest BCUT2D eigenvalue weighted by molar-refractivity contribution is 0.283. The van der Waals surface area contributed by atoms with Crippen molar-refractivity contribution in [2.24, 2.45) is 0 Å². The molecule has 1 saturated heterocycles. The van der Waals surface area contributed by atoms with Crippen LogP contribution >= 0.6 is 0 Å². The molecule has 5 heteroatoms. The van der Waals surface area contributed by atoms with E-state index in [-0.39, 0.29) is 11.7 Å². The van der Waals surface area contributed by atoms with E-state index < -0.39 is 0 Å². The Bertz CT molecular complexity index is 581. The van der Waals surface area contributed by atoms with Gasteiger partial charge in [-0.05, 0) is 38.1 Å². The fraction of sp³-hybridized carbons (Fsp3) is 0.417. The van der Waals surface area contributed by atoms with Crippen LogP contribution in [0.1, 0.15) is 18.9 Å². The Morgan fingerprint density at radius 2 is 1.94 bits per heavy atom. The maximum Gasteiger partial charge on any atom is 0.326 e. The maximum atomic E-state index is 12.0. The van der Waals surface area contributed by atoms with Crippen LogP contribution in [0, 0.1) is 0 Å². The van der Waals surface area contributed by atoms with Crippen molar-refractivity contribution in [2.45, 2.75) is 18.9 Å². The average Bonchev–Trinajstić information content (AvgIpc) is 2.66. The third-order valence-corrected chi connectivity index (χ3v) is 3.49. The van der Waals surface area contributed by atoms with Crippen LogP contribution in [0.25, 0.3) is 11.0 Å². The largest absolute Gasteiger partial charge is 0.353 e. The second-order valence-corrected chi connectivity index (χ2v) is 4.58. The number of benzene rings is 1. The summed E-state index contributed by atoms with van der Waals surface area (Å²) in [6, 6.07) is 8.08. The van der Waals surface area contributed by atoms with Crippen molar-refractivity contribution in [3.05, 3.63) is 34.7 Å². The van der Waals surface area contributed by atoms with Gasteiger partial charge in [-0.3, -0.25) is 4.57 Å². The van der Waals surface area contributed by atoms with Crippen LogP contribution in [0.3, 0.4) is 0 Å². The summed E-state index contributed by atoms with van der Waals surface area (Å²) in [5.74, 6) is 0. The molecule has 0 saturated carbocycles. The molecule has 0 aliphatic carbocycles. The molecule has 2 radical (unpaired) electrons. The third-order valence-electron chi connectivity index (χ3n) is 3.49. The maximum absolute atomic E-state index is 12.0. The van der Waals surface area contributed by atoms with Gasteiger partial charge in [0.05, 0.1) is 11.0 Å². The summed E-state index contributed by atoms with van der Waals surface area (Å²) < 4.78 is 1.88. The van der Waals surface area contributed by atoms with E-state index in [0.717, 1.165) is 37.0 Å². The topological polar surface area (TPSA) is 41.0 Å². The van der Waals surface area contributed by atoms with Crippen LogP contribution in [0.2, 0.25) is 0 Å². The molecule has 4 nitrogen and oxygen atoms in total. The summed E-state index contributed by atoms with van der Waals surface area (Å²) in [4.78, 5) is 16.7. The second kappa shape index (κ2) is 4.07. The highest BCUT2D eigenvalue weighted by molar-refractivity contribution is 6.04. The normalized spacial score (nSPS) is 18.8. The number of para-hydroxylation sites is 2. The number of nitrogens with one attached hydrogen (secondary N) is 1. The lowest BCUT2D eigenvalue weighted by Gasteiger charge is -2.30. The highest BCUT2D eigenvalue weighted by atomic mass is 16.1. The Hall–Kier alpha value is -1.49. The van der Waals surface area contributed by atoms with Gasteiger partial charge in [-0.15, -0.1) is 0 Å². The van der Waals surface area contributed by atoms with E-state index >= 15 is 0 Å². The molecule has 0 atom stereocenters. The molecule has 1 aliphatic heterocycles. The van der Waals surface area contributed by atoms with E-state index in [1.807, 2.05) is 33.6 Å². The van der Waals surface area contributed by atoms with Crippen LogP contribution in [-0.4, -0.2) is 35.4 Å². The van der Waals surface area contributed by atoms with E-state index in [0.29, 0.717) is 0 Å². The van der Waals surface area contributed by atoms with Gasteiger partial charge in [-0.25, -0.2) is 4.79 Å². The standard InChI is InChI=1S/C12H14BN3O/c13-15-7-5-9(6-8-15)16-11-4-2-1-3-10(11)14-12(16)17/h1-4,9H,5-8H2,(H,14,17). The first-order valence-electron chi connectivity index (χ1n) is 5.94. The number of imidazole rings is 1. The number of aromatic amines is 1. The van der Waals surface area contributed by atoms with Crippen molar-refractivity contribution in [2.75, 3.05) is 13.1 Å². The second-order valence-electron chi connectivity index (χ2n) is 4.58. The number of hydrogen-bond acceptors (Lipinski definition) is 2. The van der Waals surface area contributed by atoms with Gasteiger partial charge in [-0.1, -0.05) is 12.1 Å². The summed E-state index contributed by atoms with van der Waals surface area (Å²) in [5.41, 5.74) is 1.89.